The number of hydrogen-bond donors (Lipinski definition) is 3. The fraction of sp³-hybridized carbons (Fsp3) is 0.579. The first kappa shape index (κ1) is 24.4. The van der Waals surface area contributed by atoms with E-state index in [1.807, 2.05) is 0 Å². The van der Waals surface area contributed by atoms with Gasteiger partial charge in [-0.05, 0) is 24.8 Å². The number of amides is 1. The lowest BCUT2D eigenvalue weighted by Gasteiger charge is -2.15. The minimum absolute atomic E-state index is 0. The Hall–Kier alpha value is -1.65. The molecule has 1 aromatic carbocycles. The number of para-hydroxylation sites is 1. The maximum Gasteiger partial charge on any atom is 0.387 e. The molecule has 1 fully saturated rings. The highest BCUT2D eigenvalue weighted by Crippen LogP contribution is 2.27. The summed E-state index contributed by atoms with van der Waals surface area (Å²) in [6.07, 6.45) is 5.37. The van der Waals surface area contributed by atoms with Crippen molar-refractivity contribution in [2.45, 2.75) is 45.3 Å². The molecule has 0 radical (unpaired) electrons. The van der Waals surface area contributed by atoms with E-state index in [2.05, 4.69) is 25.7 Å². The van der Waals surface area contributed by atoms with Gasteiger partial charge in [0.2, 0.25) is 5.91 Å². The van der Waals surface area contributed by atoms with Gasteiger partial charge in [0.1, 0.15) is 5.75 Å². The summed E-state index contributed by atoms with van der Waals surface area (Å²) < 4.78 is 29.4. The Bertz CT molecular complexity index is 626. The first-order valence-electron chi connectivity index (χ1n) is 9.32. The van der Waals surface area contributed by atoms with Crippen molar-refractivity contribution in [2.75, 3.05) is 20.1 Å². The van der Waals surface area contributed by atoms with E-state index in [1.165, 1.54) is 18.9 Å². The first-order chi connectivity index (χ1) is 13.1. The maximum atomic E-state index is 12.5. The van der Waals surface area contributed by atoms with Crippen LogP contribution < -0.4 is 20.7 Å². The molecule has 0 spiro atoms. The van der Waals surface area contributed by atoms with Crippen LogP contribution in [0.15, 0.2) is 29.3 Å². The summed E-state index contributed by atoms with van der Waals surface area (Å²) >= 11 is 0. The van der Waals surface area contributed by atoms with Gasteiger partial charge in [-0.1, -0.05) is 31.0 Å². The highest BCUT2D eigenvalue weighted by atomic mass is 127. The molecule has 0 heterocycles. The highest BCUT2D eigenvalue weighted by Gasteiger charge is 2.18. The molecule has 1 aliphatic rings. The van der Waals surface area contributed by atoms with Crippen LogP contribution in [0.5, 0.6) is 5.75 Å². The average Bonchev–Trinajstić information content (AvgIpc) is 3.14. The van der Waals surface area contributed by atoms with Crippen molar-refractivity contribution in [3.05, 3.63) is 29.8 Å². The van der Waals surface area contributed by atoms with Crippen LogP contribution in [-0.2, 0) is 11.3 Å². The van der Waals surface area contributed by atoms with Crippen LogP contribution in [0.1, 0.15) is 37.7 Å². The third kappa shape index (κ3) is 9.03. The number of nitrogens with zero attached hydrogens (tertiary/aromatic N) is 1. The fourth-order valence-corrected chi connectivity index (χ4v) is 3.19. The lowest BCUT2D eigenvalue weighted by molar-refractivity contribution is -0.121. The Kier molecular flexibility index (Phi) is 11.8. The second-order valence-corrected chi connectivity index (χ2v) is 6.54. The van der Waals surface area contributed by atoms with Crippen LogP contribution >= 0.6 is 24.0 Å². The predicted octanol–water partition coefficient (Wildman–Crippen LogP) is 3.27. The third-order valence-corrected chi connectivity index (χ3v) is 4.55. The number of nitrogens with one attached hydrogen (secondary N) is 3. The molecule has 0 saturated heterocycles. The van der Waals surface area contributed by atoms with Crippen LogP contribution in [-0.4, -0.2) is 38.6 Å². The monoisotopic (exact) mass is 510 g/mol. The highest BCUT2D eigenvalue weighted by molar-refractivity contribution is 14.0. The van der Waals surface area contributed by atoms with Crippen LogP contribution in [0.4, 0.5) is 8.78 Å². The molecule has 1 aromatic rings. The summed E-state index contributed by atoms with van der Waals surface area (Å²) in [6, 6.07) is 6.61. The van der Waals surface area contributed by atoms with Crippen LogP contribution in [0.25, 0.3) is 0 Å². The van der Waals surface area contributed by atoms with Crippen molar-refractivity contribution in [2.24, 2.45) is 10.9 Å². The number of carbonyl (C=O) groups is 1. The van der Waals surface area contributed by atoms with Gasteiger partial charge in [0.15, 0.2) is 5.96 Å². The van der Waals surface area contributed by atoms with Gasteiger partial charge < -0.3 is 20.7 Å². The summed E-state index contributed by atoms with van der Waals surface area (Å²) in [5.74, 6) is 1.27. The van der Waals surface area contributed by atoms with Gasteiger partial charge in [-0.25, -0.2) is 0 Å². The molecular weight excluding hydrogens is 481 g/mol. The Morgan fingerprint density at radius 1 is 1.18 bits per heavy atom. The quantitative estimate of drug-likeness (QED) is 0.207. The van der Waals surface area contributed by atoms with Gasteiger partial charge in [0, 0.05) is 38.7 Å². The van der Waals surface area contributed by atoms with E-state index in [-0.39, 0.29) is 42.2 Å². The number of aliphatic imine (C=N–C) groups is 1. The molecule has 1 aliphatic carbocycles. The Morgan fingerprint density at radius 3 is 2.54 bits per heavy atom. The van der Waals surface area contributed by atoms with Gasteiger partial charge in [-0.2, -0.15) is 8.78 Å². The summed E-state index contributed by atoms with van der Waals surface area (Å²) in [6.45, 7) is -1.56. The minimum Gasteiger partial charge on any atom is -0.434 e. The normalized spacial score (nSPS) is 14.5. The molecule has 1 saturated carbocycles. The van der Waals surface area contributed by atoms with Gasteiger partial charge in [0.25, 0.3) is 0 Å². The number of rotatable bonds is 9. The Morgan fingerprint density at radius 2 is 1.86 bits per heavy atom. The van der Waals surface area contributed by atoms with E-state index in [0.717, 1.165) is 12.8 Å². The lowest BCUT2D eigenvalue weighted by atomic mass is 10.0. The zero-order chi connectivity index (χ0) is 19.5. The van der Waals surface area contributed by atoms with Gasteiger partial charge in [0.05, 0.1) is 0 Å². The molecule has 2 rings (SSSR count). The summed E-state index contributed by atoms with van der Waals surface area (Å²) in [5.41, 5.74) is 0.602. The van der Waals surface area contributed by atoms with E-state index in [9.17, 15) is 13.6 Å². The van der Waals surface area contributed by atoms with Crippen LogP contribution in [0, 0.1) is 5.92 Å². The second-order valence-electron chi connectivity index (χ2n) is 6.54. The van der Waals surface area contributed by atoms with E-state index >= 15 is 0 Å². The molecule has 28 heavy (non-hydrogen) atoms. The molecule has 0 aliphatic heterocycles. The van der Waals surface area contributed by atoms with E-state index in [0.29, 0.717) is 37.0 Å². The van der Waals surface area contributed by atoms with Crippen molar-refractivity contribution in [3.63, 3.8) is 0 Å². The summed E-state index contributed by atoms with van der Waals surface area (Å²) in [5, 5.41) is 9.04. The third-order valence-electron chi connectivity index (χ3n) is 4.55. The maximum absolute atomic E-state index is 12.5. The lowest BCUT2D eigenvalue weighted by Crippen LogP contribution is -2.41. The standard InChI is InChI=1S/C19H28F2N4O2.HI/c1-22-19(24-11-10-23-17(26)12-14-6-2-3-7-14)25-13-15-8-4-5-9-16(15)27-18(20)21;/h4-5,8-9,14,18H,2-3,6-7,10-13H2,1H3,(H,23,26)(H2,22,24,25);1H. The first-order valence-corrected chi connectivity index (χ1v) is 9.32. The zero-order valence-corrected chi connectivity index (χ0v) is 18.4. The fourth-order valence-electron chi connectivity index (χ4n) is 3.19. The predicted molar refractivity (Wildman–Crippen MR) is 116 cm³/mol. The number of hydrogen-bond acceptors (Lipinski definition) is 3. The topological polar surface area (TPSA) is 74.8 Å². The van der Waals surface area contributed by atoms with Crippen molar-refractivity contribution in [1.29, 1.82) is 0 Å². The van der Waals surface area contributed by atoms with Gasteiger partial charge in [-0.15, -0.1) is 24.0 Å². The van der Waals surface area contributed by atoms with Crippen molar-refractivity contribution < 1.29 is 18.3 Å². The minimum atomic E-state index is -2.86. The van der Waals surface area contributed by atoms with Gasteiger partial charge >= 0.3 is 6.61 Å². The molecule has 158 valence electrons. The number of guanidine groups is 1. The molecule has 3 N–H and O–H groups in total. The molecular formula is C19H29F2IN4O2. The number of carbonyl (C=O) groups excluding carboxylic acids is 1. The number of halogens is 3. The number of benzene rings is 1. The van der Waals surface area contributed by atoms with Crippen LogP contribution in [0.2, 0.25) is 0 Å². The largest absolute Gasteiger partial charge is 0.434 e. The molecule has 0 aromatic heterocycles. The number of ether oxygens (including phenoxy) is 1. The van der Waals surface area contributed by atoms with Crippen LogP contribution in [0.3, 0.4) is 0 Å². The molecule has 6 nitrogen and oxygen atoms in total. The van der Waals surface area contributed by atoms with Crippen molar-refractivity contribution >= 4 is 35.8 Å². The van der Waals surface area contributed by atoms with Crippen molar-refractivity contribution in [3.8, 4) is 5.75 Å². The van der Waals surface area contributed by atoms with E-state index in [4.69, 9.17) is 0 Å². The zero-order valence-electron chi connectivity index (χ0n) is 16.0. The molecule has 0 atom stereocenters. The summed E-state index contributed by atoms with van der Waals surface area (Å²) in [4.78, 5) is 16.0. The second kappa shape index (κ2) is 13.5. The summed E-state index contributed by atoms with van der Waals surface area (Å²) in [7, 11) is 1.62. The SMILES string of the molecule is CN=C(NCCNC(=O)CC1CCCC1)NCc1ccccc1OC(F)F.I. The number of alkyl halides is 2. The molecule has 0 bridgehead atoms. The molecule has 0 unspecified atom stereocenters. The average molecular weight is 510 g/mol. The van der Waals surface area contributed by atoms with E-state index in [1.54, 1.807) is 25.2 Å². The van der Waals surface area contributed by atoms with Gasteiger partial charge in [-0.3, -0.25) is 9.79 Å². The smallest absolute Gasteiger partial charge is 0.387 e. The van der Waals surface area contributed by atoms with Crippen molar-refractivity contribution in [1.82, 2.24) is 16.0 Å². The Balaban J connectivity index is 0.00000392. The Labute approximate surface area is 181 Å². The molecule has 9 heteroatoms. The molecule has 1 amide bonds. The van der Waals surface area contributed by atoms with E-state index < -0.39 is 6.61 Å².